The van der Waals surface area contributed by atoms with Gasteiger partial charge in [0, 0.05) is 23.0 Å². The van der Waals surface area contributed by atoms with Gasteiger partial charge in [-0.05, 0) is 56.9 Å². The van der Waals surface area contributed by atoms with Gasteiger partial charge >= 0.3 is 0 Å². The lowest BCUT2D eigenvalue weighted by molar-refractivity contribution is 0.0269. The molecule has 3 aliphatic heterocycles. The van der Waals surface area contributed by atoms with E-state index in [1.54, 1.807) is 11.8 Å². The molecular formula is C23H25N3O. The molecule has 0 aliphatic carbocycles. The van der Waals surface area contributed by atoms with Crippen molar-refractivity contribution in [3.8, 4) is 0 Å². The Morgan fingerprint density at radius 2 is 2.15 bits per heavy atom. The van der Waals surface area contributed by atoms with Crippen LogP contribution in [0.2, 0.25) is 0 Å². The van der Waals surface area contributed by atoms with Crippen molar-refractivity contribution in [2.75, 3.05) is 13.1 Å². The van der Waals surface area contributed by atoms with Crippen molar-refractivity contribution in [3.05, 3.63) is 59.4 Å². The zero-order valence-electron chi connectivity index (χ0n) is 16.0. The number of piperidine rings is 1. The van der Waals surface area contributed by atoms with Crippen LogP contribution in [-0.4, -0.2) is 27.5 Å². The van der Waals surface area contributed by atoms with Gasteiger partial charge in [-0.15, -0.1) is 0 Å². The third-order valence-electron chi connectivity index (χ3n) is 7.09. The van der Waals surface area contributed by atoms with Gasteiger partial charge in [0.15, 0.2) is 0 Å². The van der Waals surface area contributed by atoms with Crippen molar-refractivity contribution in [1.29, 1.82) is 0 Å². The third kappa shape index (κ3) is 1.94. The molecule has 6 rings (SSSR count). The van der Waals surface area contributed by atoms with Crippen molar-refractivity contribution in [2.24, 2.45) is 5.41 Å². The summed E-state index contributed by atoms with van der Waals surface area (Å²) in [4.78, 5) is 7.45. The minimum atomic E-state index is 0.176. The standard InChI is InChI=1S/C23H25N3O/c1-3-23-10-6-11-25-12-9-17-16-7-4-5-8-18(16)26(20(17)21(23)25)19(13-23)22-24-15(2)14-27-22/h4-5,7-8,13-14,21H,3,6,9-12H2,1-2H3/t21-,23+/m1/s1. The molecule has 2 aromatic heterocycles. The van der Waals surface area contributed by atoms with Crippen LogP contribution in [0, 0.1) is 12.3 Å². The van der Waals surface area contributed by atoms with Gasteiger partial charge in [0.2, 0.25) is 5.89 Å². The first-order valence-corrected chi connectivity index (χ1v) is 10.2. The highest BCUT2D eigenvalue weighted by atomic mass is 16.3. The summed E-state index contributed by atoms with van der Waals surface area (Å²) in [5, 5.41) is 1.40. The Bertz CT molecular complexity index is 1090. The zero-order chi connectivity index (χ0) is 18.2. The second kappa shape index (κ2) is 5.35. The predicted octanol–water partition coefficient (Wildman–Crippen LogP) is 4.93. The highest BCUT2D eigenvalue weighted by Crippen LogP contribution is 2.57. The van der Waals surface area contributed by atoms with Crippen LogP contribution in [0.15, 0.2) is 41.0 Å². The van der Waals surface area contributed by atoms with Crippen molar-refractivity contribution < 1.29 is 4.42 Å². The van der Waals surface area contributed by atoms with Crippen LogP contribution in [-0.2, 0) is 6.42 Å². The molecular weight excluding hydrogens is 334 g/mol. The highest BCUT2D eigenvalue weighted by molar-refractivity contribution is 5.91. The van der Waals surface area contributed by atoms with E-state index in [1.165, 1.54) is 42.5 Å². The molecule has 0 spiro atoms. The molecule has 1 fully saturated rings. The Labute approximate surface area is 159 Å². The van der Waals surface area contributed by atoms with Crippen molar-refractivity contribution in [1.82, 2.24) is 14.5 Å². The van der Waals surface area contributed by atoms with E-state index in [0.29, 0.717) is 6.04 Å². The number of hydrogen-bond acceptors (Lipinski definition) is 3. The Morgan fingerprint density at radius 1 is 1.26 bits per heavy atom. The molecule has 138 valence electrons. The van der Waals surface area contributed by atoms with Gasteiger partial charge in [-0.3, -0.25) is 4.90 Å². The molecule has 3 aromatic rings. The van der Waals surface area contributed by atoms with Crippen LogP contribution >= 0.6 is 0 Å². The number of nitrogens with zero attached hydrogens (tertiary/aromatic N) is 3. The van der Waals surface area contributed by atoms with Crippen molar-refractivity contribution >= 4 is 16.6 Å². The summed E-state index contributed by atoms with van der Waals surface area (Å²) in [5.41, 5.74) is 6.59. The van der Waals surface area contributed by atoms with Crippen LogP contribution in [0.1, 0.15) is 55.1 Å². The summed E-state index contributed by atoms with van der Waals surface area (Å²) >= 11 is 0. The fraction of sp³-hybridized carbons (Fsp3) is 0.435. The van der Waals surface area contributed by atoms with E-state index < -0.39 is 0 Å². The van der Waals surface area contributed by atoms with Gasteiger partial charge in [0.1, 0.15) is 12.0 Å². The van der Waals surface area contributed by atoms with Crippen molar-refractivity contribution in [2.45, 2.75) is 45.6 Å². The largest absolute Gasteiger partial charge is 0.443 e. The zero-order valence-corrected chi connectivity index (χ0v) is 16.0. The fourth-order valence-corrected chi connectivity index (χ4v) is 5.91. The van der Waals surface area contributed by atoms with E-state index in [9.17, 15) is 0 Å². The van der Waals surface area contributed by atoms with Crippen LogP contribution < -0.4 is 0 Å². The predicted molar refractivity (Wildman–Crippen MR) is 107 cm³/mol. The lowest BCUT2D eigenvalue weighted by Gasteiger charge is -2.53. The molecule has 5 heterocycles. The number of rotatable bonds is 2. The number of oxazole rings is 1. The number of aromatic nitrogens is 2. The minimum absolute atomic E-state index is 0.176. The average molecular weight is 359 g/mol. The van der Waals surface area contributed by atoms with E-state index in [4.69, 9.17) is 9.40 Å². The quantitative estimate of drug-likeness (QED) is 0.651. The van der Waals surface area contributed by atoms with Gasteiger partial charge in [0.05, 0.1) is 17.3 Å². The molecule has 1 saturated heterocycles. The molecule has 0 unspecified atom stereocenters. The second-order valence-electron chi connectivity index (χ2n) is 8.42. The number of para-hydroxylation sites is 1. The average Bonchev–Trinajstić information content (AvgIpc) is 3.28. The van der Waals surface area contributed by atoms with Crippen LogP contribution in [0.3, 0.4) is 0 Å². The molecule has 0 N–H and O–H groups in total. The molecule has 3 aliphatic rings. The van der Waals surface area contributed by atoms with Crippen LogP contribution in [0.5, 0.6) is 0 Å². The van der Waals surface area contributed by atoms with Gasteiger partial charge < -0.3 is 8.98 Å². The van der Waals surface area contributed by atoms with Crippen LogP contribution in [0.25, 0.3) is 16.6 Å². The van der Waals surface area contributed by atoms with Gasteiger partial charge in [-0.1, -0.05) is 25.1 Å². The maximum Gasteiger partial charge on any atom is 0.243 e. The third-order valence-corrected chi connectivity index (χ3v) is 7.09. The monoisotopic (exact) mass is 359 g/mol. The van der Waals surface area contributed by atoms with Gasteiger partial charge in [-0.25, -0.2) is 4.98 Å². The Balaban J connectivity index is 1.73. The molecule has 2 atom stereocenters. The number of benzene rings is 1. The first-order chi connectivity index (χ1) is 13.2. The van der Waals surface area contributed by atoms with E-state index >= 15 is 0 Å². The fourth-order valence-electron chi connectivity index (χ4n) is 5.91. The molecule has 0 saturated carbocycles. The summed E-state index contributed by atoms with van der Waals surface area (Å²) < 4.78 is 8.38. The number of aryl methyl sites for hydroxylation is 1. The lowest BCUT2D eigenvalue weighted by Crippen LogP contribution is -2.50. The summed E-state index contributed by atoms with van der Waals surface area (Å²) in [6.07, 6.45) is 9.08. The van der Waals surface area contributed by atoms with E-state index in [-0.39, 0.29) is 5.41 Å². The maximum atomic E-state index is 5.92. The molecule has 4 heteroatoms. The van der Waals surface area contributed by atoms with Gasteiger partial charge in [0.25, 0.3) is 0 Å². The molecule has 4 nitrogen and oxygen atoms in total. The Morgan fingerprint density at radius 3 is 2.96 bits per heavy atom. The molecule has 27 heavy (non-hydrogen) atoms. The Hall–Kier alpha value is -2.33. The minimum Gasteiger partial charge on any atom is -0.443 e. The maximum absolute atomic E-state index is 5.92. The normalized spacial score (nSPS) is 26.9. The van der Waals surface area contributed by atoms with Crippen molar-refractivity contribution in [3.63, 3.8) is 0 Å². The molecule has 0 radical (unpaired) electrons. The summed E-state index contributed by atoms with van der Waals surface area (Å²) in [6.45, 7) is 6.74. The molecule has 0 amide bonds. The highest BCUT2D eigenvalue weighted by Gasteiger charge is 2.50. The lowest BCUT2D eigenvalue weighted by atomic mass is 9.66. The molecule has 0 bridgehead atoms. The first kappa shape index (κ1) is 15.7. The van der Waals surface area contributed by atoms with E-state index in [0.717, 1.165) is 30.1 Å². The van der Waals surface area contributed by atoms with E-state index in [2.05, 4.69) is 46.7 Å². The SMILES string of the molecule is CC[C@@]12C=C(c3nc(C)co3)n3c4c(c5ccccc53)CCN(CCC1)[C@H]42. The summed E-state index contributed by atoms with van der Waals surface area (Å²) in [7, 11) is 0. The summed E-state index contributed by atoms with van der Waals surface area (Å²) in [5.74, 6) is 0.755. The number of hydrogen-bond donors (Lipinski definition) is 0. The van der Waals surface area contributed by atoms with Crippen LogP contribution in [0.4, 0.5) is 0 Å². The Kier molecular flexibility index (Phi) is 3.11. The topological polar surface area (TPSA) is 34.2 Å². The first-order valence-electron chi connectivity index (χ1n) is 10.2. The van der Waals surface area contributed by atoms with E-state index in [1.807, 2.05) is 6.92 Å². The molecule has 1 aromatic carbocycles. The summed E-state index contributed by atoms with van der Waals surface area (Å²) in [6, 6.07) is 9.34. The number of fused-ring (bicyclic) bond motifs is 3. The second-order valence-corrected chi connectivity index (χ2v) is 8.42. The smallest absolute Gasteiger partial charge is 0.243 e. The van der Waals surface area contributed by atoms with Gasteiger partial charge in [-0.2, -0.15) is 0 Å².